The Labute approximate surface area is 214 Å². The number of carbonyl (C=O) groups excluding carboxylic acids is 1. The lowest BCUT2D eigenvalue weighted by Gasteiger charge is -2.48. The van der Waals surface area contributed by atoms with E-state index >= 15 is 0 Å². The van der Waals surface area contributed by atoms with Crippen molar-refractivity contribution in [2.24, 2.45) is 0 Å². The van der Waals surface area contributed by atoms with Crippen LogP contribution in [0.1, 0.15) is 68.3 Å². The average Bonchev–Trinajstić information content (AvgIpc) is 3.21. The van der Waals surface area contributed by atoms with E-state index in [0.717, 1.165) is 49.2 Å². The molecular weight excluding hydrogens is 477 g/mol. The van der Waals surface area contributed by atoms with Gasteiger partial charge in [0, 0.05) is 17.3 Å². The second-order valence-corrected chi connectivity index (χ2v) is 10.7. The number of fused-ring (bicyclic) bond motifs is 4. The number of aromatic nitrogens is 1. The first kappa shape index (κ1) is 24.2. The largest absolute Gasteiger partial charge is 0.494 e. The van der Waals surface area contributed by atoms with Crippen molar-refractivity contribution < 1.29 is 23.8 Å². The predicted molar refractivity (Wildman–Crippen MR) is 136 cm³/mol. The molecule has 9 heteroatoms. The number of hydrogen-bond donors (Lipinski definition) is 2. The number of aliphatic hydroxyl groups is 1. The Hall–Kier alpha value is -3.17. The van der Waals surface area contributed by atoms with Crippen molar-refractivity contribution in [1.82, 2.24) is 9.47 Å². The van der Waals surface area contributed by atoms with Crippen LogP contribution >= 0.6 is 0 Å². The van der Waals surface area contributed by atoms with Crippen molar-refractivity contribution in [3.05, 3.63) is 62.3 Å². The van der Waals surface area contributed by atoms with Gasteiger partial charge in [-0.15, -0.1) is 0 Å². The molecule has 1 aromatic carbocycles. The summed E-state index contributed by atoms with van der Waals surface area (Å²) in [5.41, 5.74) is 2.30. The first-order valence-electron chi connectivity index (χ1n) is 13.0. The highest BCUT2D eigenvalue weighted by Gasteiger charge is 2.48. The van der Waals surface area contributed by atoms with Gasteiger partial charge in [-0.3, -0.25) is 14.5 Å². The van der Waals surface area contributed by atoms with Crippen molar-refractivity contribution in [2.45, 2.75) is 70.2 Å². The number of likely N-dealkylation sites (tertiary alicyclic amines) is 1. The van der Waals surface area contributed by atoms with Crippen molar-refractivity contribution in [2.75, 3.05) is 25.5 Å². The monoisotopic (exact) mass is 509 g/mol. The molecule has 1 fully saturated rings. The molecule has 196 valence electrons. The van der Waals surface area contributed by atoms with Gasteiger partial charge in [0.25, 0.3) is 5.56 Å². The highest BCUT2D eigenvalue weighted by molar-refractivity contribution is 5.87. The van der Waals surface area contributed by atoms with E-state index in [-0.39, 0.29) is 30.8 Å². The molecule has 0 bridgehead atoms. The minimum absolute atomic E-state index is 0.167. The van der Waals surface area contributed by atoms with Gasteiger partial charge in [0.2, 0.25) is 0 Å². The minimum atomic E-state index is -1.50. The van der Waals surface area contributed by atoms with E-state index in [1.165, 1.54) is 13.2 Å². The van der Waals surface area contributed by atoms with E-state index in [4.69, 9.17) is 9.47 Å². The molecule has 37 heavy (non-hydrogen) atoms. The lowest BCUT2D eigenvalue weighted by atomic mass is 9.77. The summed E-state index contributed by atoms with van der Waals surface area (Å²) < 4.78 is 27.2. The number of piperidine rings is 1. The zero-order chi connectivity index (χ0) is 26.1. The third-order valence-electron chi connectivity index (χ3n) is 8.83. The number of methoxy groups -OCH3 is 1. The van der Waals surface area contributed by atoms with E-state index in [1.807, 2.05) is 6.07 Å². The Kier molecular flexibility index (Phi) is 5.51. The summed E-state index contributed by atoms with van der Waals surface area (Å²) in [6.07, 6.45) is 3.34. The van der Waals surface area contributed by atoms with Gasteiger partial charge in [-0.1, -0.05) is 13.3 Å². The van der Waals surface area contributed by atoms with Crippen molar-refractivity contribution in [3.63, 3.8) is 0 Å². The van der Waals surface area contributed by atoms with Gasteiger partial charge in [0.1, 0.15) is 12.2 Å². The van der Waals surface area contributed by atoms with Crippen LogP contribution in [0.4, 0.5) is 10.1 Å². The number of rotatable bonds is 3. The predicted octanol–water partition coefficient (Wildman–Crippen LogP) is 3.59. The molecule has 0 spiro atoms. The van der Waals surface area contributed by atoms with Gasteiger partial charge in [-0.05, 0) is 62.5 Å². The van der Waals surface area contributed by atoms with E-state index in [9.17, 15) is 19.1 Å². The van der Waals surface area contributed by atoms with Crippen LogP contribution in [-0.2, 0) is 33.8 Å². The number of esters is 1. The molecule has 6 rings (SSSR count). The zero-order valence-corrected chi connectivity index (χ0v) is 21.4. The molecule has 1 saturated heterocycles. The first-order valence-corrected chi connectivity index (χ1v) is 13.0. The molecule has 2 unspecified atom stereocenters. The van der Waals surface area contributed by atoms with Crippen molar-refractivity contribution in [1.29, 1.82) is 0 Å². The quantitative estimate of drug-likeness (QED) is 0.611. The summed E-state index contributed by atoms with van der Waals surface area (Å²) in [5, 5.41) is 14.9. The number of pyridine rings is 1. The van der Waals surface area contributed by atoms with Gasteiger partial charge in [-0.25, -0.2) is 4.39 Å². The van der Waals surface area contributed by atoms with E-state index < -0.39 is 22.9 Å². The Balaban J connectivity index is 1.58. The summed E-state index contributed by atoms with van der Waals surface area (Å²) in [7, 11) is 1.46. The lowest BCUT2D eigenvalue weighted by Crippen LogP contribution is -2.50. The molecule has 0 aliphatic carbocycles. The maximum Gasteiger partial charge on any atom is 0.309 e. The Morgan fingerprint density at radius 3 is 2.62 bits per heavy atom. The number of cyclic esters (lactones) is 1. The Morgan fingerprint density at radius 1 is 1.16 bits per heavy atom. The van der Waals surface area contributed by atoms with Crippen molar-refractivity contribution >= 4 is 17.4 Å². The highest BCUT2D eigenvalue weighted by Crippen LogP contribution is 2.52. The fourth-order valence-electron chi connectivity index (χ4n) is 6.61. The van der Waals surface area contributed by atoms with Gasteiger partial charge in [-0.2, -0.15) is 0 Å². The maximum atomic E-state index is 14.9. The second-order valence-electron chi connectivity index (χ2n) is 10.7. The number of anilines is 1. The van der Waals surface area contributed by atoms with Crippen LogP contribution in [0.3, 0.4) is 0 Å². The number of halogens is 1. The van der Waals surface area contributed by atoms with Crippen LogP contribution in [0.2, 0.25) is 0 Å². The average molecular weight is 510 g/mol. The van der Waals surface area contributed by atoms with Crippen LogP contribution in [0.15, 0.2) is 28.6 Å². The van der Waals surface area contributed by atoms with Crippen LogP contribution in [-0.4, -0.2) is 40.7 Å². The number of nitrogens with zero attached hydrogens (tertiary/aromatic N) is 2. The normalized spacial score (nSPS) is 26.9. The Morgan fingerprint density at radius 2 is 1.92 bits per heavy atom. The SMILES string of the molecule is CCC1(O)CC(=O)OCc2c1cc1n(c2=O)CC2=C1Nc1cc(F)c(OC)cc1C2(C)N1CCCCC1. The van der Waals surface area contributed by atoms with Gasteiger partial charge in [0.15, 0.2) is 11.6 Å². The number of ether oxygens (including phenoxy) is 2. The molecule has 5 heterocycles. The lowest BCUT2D eigenvalue weighted by molar-refractivity contribution is -0.149. The standard InChI is InChI=1S/C28H32FN3O5/c1-4-28(35)13-24(33)37-15-16-17(28)10-22-25-19(14-32(22)26(16)34)27(2,31-8-6-5-7-9-31)18-11-23(36-3)20(29)12-21(18)30-25/h10-12,30,35H,4-9,13-15H2,1-3H3. The molecule has 2 N–H and O–H groups in total. The fourth-order valence-corrected chi connectivity index (χ4v) is 6.61. The maximum absolute atomic E-state index is 14.9. The molecule has 4 aliphatic heterocycles. The van der Waals surface area contributed by atoms with E-state index in [2.05, 4.69) is 17.1 Å². The Bertz CT molecular complexity index is 1410. The topological polar surface area (TPSA) is 93.0 Å². The van der Waals surface area contributed by atoms with Gasteiger partial charge < -0.3 is 24.5 Å². The van der Waals surface area contributed by atoms with Gasteiger partial charge in [0.05, 0.1) is 42.6 Å². The molecule has 4 aliphatic rings. The van der Waals surface area contributed by atoms with Crippen LogP contribution in [0.25, 0.3) is 5.70 Å². The summed E-state index contributed by atoms with van der Waals surface area (Å²) >= 11 is 0. The van der Waals surface area contributed by atoms with Crippen LogP contribution < -0.4 is 15.6 Å². The molecule has 2 aromatic rings. The van der Waals surface area contributed by atoms with Gasteiger partial charge >= 0.3 is 5.97 Å². The second kappa shape index (κ2) is 8.43. The van der Waals surface area contributed by atoms with E-state index in [1.54, 1.807) is 17.6 Å². The number of carbonyl (C=O) groups is 1. The number of hydrogen-bond acceptors (Lipinski definition) is 7. The molecule has 0 amide bonds. The first-order chi connectivity index (χ1) is 17.7. The summed E-state index contributed by atoms with van der Waals surface area (Å²) in [4.78, 5) is 28.5. The van der Waals surface area contributed by atoms with E-state index in [0.29, 0.717) is 29.1 Å². The van der Waals surface area contributed by atoms with Crippen LogP contribution in [0.5, 0.6) is 5.75 Å². The molecule has 0 saturated carbocycles. The minimum Gasteiger partial charge on any atom is -0.494 e. The highest BCUT2D eigenvalue weighted by atomic mass is 19.1. The molecular formula is C28H32FN3O5. The third-order valence-corrected chi connectivity index (χ3v) is 8.83. The summed E-state index contributed by atoms with van der Waals surface area (Å²) in [6, 6.07) is 5.05. The zero-order valence-electron chi connectivity index (χ0n) is 21.4. The fraction of sp³-hybridized carbons (Fsp3) is 0.500. The smallest absolute Gasteiger partial charge is 0.309 e. The van der Waals surface area contributed by atoms with Crippen molar-refractivity contribution in [3.8, 4) is 5.75 Å². The van der Waals surface area contributed by atoms with Crippen LogP contribution in [0, 0.1) is 5.82 Å². The molecule has 2 atom stereocenters. The third kappa shape index (κ3) is 3.40. The molecule has 1 aromatic heterocycles. The number of benzene rings is 1. The molecule has 0 radical (unpaired) electrons. The summed E-state index contributed by atoms with van der Waals surface area (Å²) in [5.74, 6) is -0.814. The summed E-state index contributed by atoms with van der Waals surface area (Å²) in [6.45, 7) is 5.89. The number of nitrogens with one attached hydrogen (secondary N) is 1. The molecule has 8 nitrogen and oxygen atoms in total.